The zero-order valence-electron chi connectivity index (χ0n) is 16.3. The lowest BCUT2D eigenvalue weighted by Crippen LogP contribution is -2.38. The molecule has 1 aromatic heterocycles. The quantitative estimate of drug-likeness (QED) is 0.362. The molecule has 0 unspecified atom stereocenters. The maximum Gasteiger partial charge on any atom is 0.191 e. The fourth-order valence-electron chi connectivity index (χ4n) is 2.47. The SMILES string of the molecule is CCNC(=NCCCOCc1ccc(OC)cc1)NCCc1ccccn1. The highest BCUT2D eigenvalue weighted by molar-refractivity contribution is 5.79. The van der Waals surface area contributed by atoms with Crippen molar-refractivity contribution < 1.29 is 9.47 Å². The van der Waals surface area contributed by atoms with Gasteiger partial charge in [0.05, 0.1) is 13.7 Å². The number of benzene rings is 1. The van der Waals surface area contributed by atoms with Gasteiger partial charge < -0.3 is 20.1 Å². The molecule has 0 fully saturated rings. The molecule has 0 amide bonds. The Kier molecular flexibility index (Phi) is 9.74. The van der Waals surface area contributed by atoms with Crippen LogP contribution in [0, 0.1) is 0 Å². The first-order chi connectivity index (χ1) is 13.3. The van der Waals surface area contributed by atoms with E-state index in [2.05, 4.69) is 27.5 Å². The number of pyridine rings is 1. The molecule has 6 nitrogen and oxygen atoms in total. The second kappa shape index (κ2) is 12.7. The first kappa shape index (κ1) is 20.7. The van der Waals surface area contributed by atoms with Gasteiger partial charge in [-0.3, -0.25) is 9.98 Å². The van der Waals surface area contributed by atoms with Crippen LogP contribution in [-0.2, 0) is 17.8 Å². The second-order valence-corrected chi connectivity index (χ2v) is 6.01. The molecule has 0 saturated carbocycles. The van der Waals surface area contributed by atoms with E-state index in [4.69, 9.17) is 9.47 Å². The fourth-order valence-corrected chi connectivity index (χ4v) is 2.47. The molecule has 0 radical (unpaired) electrons. The molecule has 0 aliphatic rings. The van der Waals surface area contributed by atoms with E-state index in [1.165, 1.54) is 0 Å². The topological polar surface area (TPSA) is 67.8 Å². The predicted molar refractivity (Wildman–Crippen MR) is 109 cm³/mol. The third-order valence-electron chi connectivity index (χ3n) is 3.89. The largest absolute Gasteiger partial charge is 0.497 e. The van der Waals surface area contributed by atoms with E-state index in [1.54, 1.807) is 7.11 Å². The highest BCUT2D eigenvalue weighted by Gasteiger charge is 1.99. The first-order valence-electron chi connectivity index (χ1n) is 9.44. The van der Waals surface area contributed by atoms with Gasteiger partial charge in [-0.1, -0.05) is 18.2 Å². The maximum atomic E-state index is 5.71. The molecule has 0 aliphatic carbocycles. The summed E-state index contributed by atoms with van der Waals surface area (Å²) in [6.07, 6.45) is 3.57. The second-order valence-electron chi connectivity index (χ2n) is 6.01. The van der Waals surface area contributed by atoms with E-state index in [0.717, 1.165) is 55.4 Å². The van der Waals surface area contributed by atoms with Crippen molar-refractivity contribution in [3.05, 3.63) is 59.9 Å². The minimum absolute atomic E-state index is 0.607. The number of methoxy groups -OCH3 is 1. The fraction of sp³-hybridized carbons (Fsp3) is 0.429. The van der Waals surface area contributed by atoms with Gasteiger partial charge in [0.2, 0.25) is 0 Å². The first-order valence-corrected chi connectivity index (χ1v) is 9.44. The molecule has 0 bridgehead atoms. The van der Waals surface area contributed by atoms with Crippen molar-refractivity contribution in [2.75, 3.05) is 33.4 Å². The summed E-state index contributed by atoms with van der Waals surface area (Å²) >= 11 is 0. The third-order valence-corrected chi connectivity index (χ3v) is 3.89. The summed E-state index contributed by atoms with van der Waals surface area (Å²) < 4.78 is 10.9. The minimum atomic E-state index is 0.607. The van der Waals surface area contributed by atoms with Crippen molar-refractivity contribution in [1.29, 1.82) is 0 Å². The number of aromatic nitrogens is 1. The standard InChI is InChI=1S/C21H30N4O2/c1-3-22-21(25-15-12-19-7-4-5-13-23-19)24-14-6-16-27-17-18-8-10-20(26-2)11-9-18/h4-5,7-11,13H,3,6,12,14-17H2,1-2H3,(H2,22,24,25). The van der Waals surface area contributed by atoms with E-state index in [-0.39, 0.29) is 0 Å². The molecule has 1 aromatic carbocycles. The van der Waals surface area contributed by atoms with E-state index in [1.807, 2.05) is 48.7 Å². The summed E-state index contributed by atoms with van der Waals surface area (Å²) in [5.41, 5.74) is 2.22. The van der Waals surface area contributed by atoms with Crippen LogP contribution in [0.15, 0.2) is 53.7 Å². The van der Waals surface area contributed by atoms with Crippen LogP contribution >= 0.6 is 0 Å². The molecule has 2 aromatic rings. The smallest absolute Gasteiger partial charge is 0.191 e. The zero-order chi connectivity index (χ0) is 19.2. The highest BCUT2D eigenvalue weighted by Crippen LogP contribution is 2.11. The van der Waals surface area contributed by atoms with Crippen molar-refractivity contribution in [1.82, 2.24) is 15.6 Å². The number of nitrogens with zero attached hydrogens (tertiary/aromatic N) is 2. The van der Waals surface area contributed by atoms with Crippen LogP contribution in [0.2, 0.25) is 0 Å². The molecule has 0 saturated heterocycles. The number of guanidine groups is 1. The van der Waals surface area contributed by atoms with Crippen LogP contribution in [0.25, 0.3) is 0 Å². The molecule has 0 atom stereocenters. The van der Waals surface area contributed by atoms with Crippen LogP contribution in [0.3, 0.4) is 0 Å². The number of nitrogens with one attached hydrogen (secondary N) is 2. The number of rotatable bonds is 11. The van der Waals surface area contributed by atoms with Gasteiger partial charge in [0, 0.05) is 44.6 Å². The van der Waals surface area contributed by atoms with Gasteiger partial charge in [-0.15, -0.1) is 0 Å². The Labute approximate surface area is 162 Å². The van der Waals surface area contributed by atoms with Crippen LogP contribution in [0.4, 0.5) is 0 Å². The summed E-state index contributed by atoms with van der Waals surface area (Å²) in [5, 5.41) is 6.61. The molecule has 0 aliphatic heterocycles. The number of hydrogen-bond donors (Lipinski definition) is 2. The van der Waals surface area contributed by atoms with Gasteiger partial charge in [-0.25, -0.2) is 0 Å². The average molecular weight is 370 g/mol. The van der Waals surface area contributed by atoms with E-state index >= 15 is 0 Å². The Morgan fingerprint density at radius 2 is 1.96 bits per heavy atom. The summed E-state index contributed by atoms with van der Waals surface area (Å²) in [7, 11) is 1.67. The van der Waals surface area contributed by atoms with E-state index in [0.29, 0.717) is 13.2 Å². The summed E-state index contributed by atoms with van der Waals surface area (Å²) in [6, 6.07) is 13.9. The number of ether oxygens (including phenoxy) is 2. The van der Waals surface area contributed by atoms with Gasteiger partial charge in [0.15, 0.2) is 5.96 Å². The summed E-state index contributed by atoms with van der Waals surface area (Å²) in [5.74, 6) is 1.70. The van der Waals surface area contributed by atoms with Crippen molar-refractivity contribution in [3.8, 4) is 5.75 Å². The van der Waals surface area contributed by atoms with Gasteiger partial charge in [0.1, 0.15) is 5.75 Å². The molecule has 1 heterocycles. The van der Waals surface area contributed by atoms with Gasteiger partial charge >= 0.3 is 0 Å². The summed E-state index contributed by atoms with van der Waals surface area (Å²) in [4.78, 5) is 8.92. The Bertz CT molecular complexity index is 660. The number of aliphatic imine (C=N–C) groups is 1. The van der Waals surface area contributed by atoms with Crippen molar-refractivity contribution in [2.24, 2.45) is 4.99 Å². The molecule has 2 N–H and O–H groups in total. The van der Waals surface area contributed by atoms with Crippen molar-refractivity contribution in [2.45, 2.75) is 26.4 Å². The highest BCUT2D eigenvalue weighted by atomic mass is 16.5. The lowest BCUT2D eigenvalue weighted by Gasteiger charge is -2.11. The summed E-state index contributed by atoms with van der Waals surface area (Å²) in [6.45, 7) is 5.72. The van der Waals surface area contributed by atoms with Crippen molar-refractivity contribution in [3.63, 3.8) is 0 Å². The zero-order valence-corrected chi connectivity index (χ0v) is 16.3. The third kappa shape index (κ3) is 8.55. The van der Waals surface area contributed by atoms with Crippen molar-refractivity contribution >= 4 is 5.96 Å². The van der Waals surface area contributed by atoms with Gasteiger partial charge in [0.25, 0.3) is 0 Å². The molecular weight excluding hydrogens is 340 g/mol. The predicted octanol–water partition coefficient (Wildman–Crippen LogP) is 2.79. The van der Waals surface area contributed by atoms with Crippen LogP contribution in [0.5, 0.6) is 5.75 Å². The molecule has 6 heteroatoms. The van der Waals surface area contributed by atoms with Gasteiger partial charge in [-0.2, -0.15) is 0 Å². The monoisotopic (exact) mass is 370 g/mol. The lowest BCUT2D eigenvalue weighted by molar-refractivity contribution is 0.120. The van der Waals surface area contributed by atoms with E-state index < -0.39 is 0 Å². The minimum Gasteiger partial charge on any atom is -0.497 e. The number of hydrogen-bond acceptors (Lipinski definition) is 4. The van der Waals surface area contributed by atoms with E-state index in [9.17, 15) is 0 Å². The molecule has 27 heavy (non-hydrogen) atoms. The molecule has 0 spiro atoms. The Hall–Kier alpha value is -2.60. The Morgan fingerprint density at radius 3 is 2.67 bits per heavy atom. The van der Waals surface area contributed by atoms with Gasteiger partial charge in [-0.05, 0) is 43.2 Å². The Balaban J connectivity index is 1.62. The van der Waals surface area contributed by atoms with Crippen LogP contribution in [0.1, 0.15) is 24.6 Å². The van der Waals surface area contributed by atoms with Crippen LogP contribution in [-0.4, -0.2) is 44.3 Å². The lowest BCUT2D eigenvalue weighted by atomic mass is 10.2. The Morgan fingerprint density at radius 1 is 1.11 bits per heavy atom. The molecule has 146 valence electrons. The average Bonchev–Trinajstić information content (AvgIpc) is 2.71. The van der Waals surface area contributed by atoms with Crippen LogP contribution < -0.4 is 15.4 Å². The maximum absolute atomic E-state index is 5.71. The molecular formula is C21H30N4O2. The normalized spacial score (nSPS) is 11.3. The molecule has 2 rings (SSSR count).